The molecule has 1 aliphatic heterocycles. The lowest BCUT2D eigenvalue weighted by atomic mass is 9.52. The third-order valence-corrected chi connectivity index (χ3v) is 13.6. The van der Waals surface area contributed by atoms with Crippen molar-refractivity contribution in [2.24, 2.45) is 21.0 Å². The number of rotatable bonds is 4. The van der Waals surface area contributed by atoms with Gasteiger partial charge in [-0.25, -0.2) is 8.51 Å². The normalized spacial score (nSPS) is 33.0. The zero-order valence-corrected chi connectivity index (χ0v) is 23.7. The molecule has 5 rings (SSSR count). The van der Waals surface area contributed by atoms with Gasteiger partial charge in [0.2, 0.25) is 0 Å². The number of aryl methyl sites for hydroxylation is 2. The summed E-state index contributed by atoms with van der Waals surface area (Å²) in [6, 6.07) is 13.9. The highest BCUT2D eigenvalue weighted by molar-refractivity contribution is 8.02. The molecule has 6 atom stereocenters. The first-order valence-corrected chi connectivity index (χ1v) is 15.8. The molecule has 2 saturated carbocycles. The smallest absolute Gasteiger partial charge is 0.227 e. The standard InChI is InChI=1S/C29H38N2O3S2/c1-20-7-12-23(13-8-20)35(32,30-36(33,34)24-14-9-21(2)10-15-24)31-27-16-11-22(3)25-19-28(4,5)26(25)17-18-29(27,31)6/h7-10,12-15,25-27H,3,11,16-19H2,1-2,4-6H3/t25-,26-,27-,29-,31?,35-/m1/s1. The van der Waals surface area contributed by atoms with Crippen LogP contribution < -0.4 is 0 Å². The summed E-state index contributed by atoms with van der Waals surface area (Å²) in [6.45, 7) is 15.1. The van der Waals surface area contributed by atoms with Crippen molar-refractivity contribution < 1.29 is 12.6 Å². The van der Waals surface area contributed by atoms with E-state index < -0.39 is 19.9 Å². The minimum atomic E-state index is -4.14. The third kappa shape index (κ3) is 4.17. The number of allylic oxidation sites excluding steroid dienone is 1. The fraction of sp³-hybridized carbons (Fsp3) is 0.517. The minimum absolute atomic E-state index is 0.000586. The summed E-state index contributed by atoms with van der Waals surface area (Å²) in [5.41, 5.74) is 3.19. The minimum Gasteiger partial charge on any atom is -0.227 e. The lowest BCUT2D eigenvalue weighted by Gasteiger charge is -2.53. The Labute approximate surface area is 217 Å². The monoisotopic (exact) mass is 526 g/mol. The zero-order chi connectivity index (χ0) is 26.1. The molecule has 1 unspecified atom stereocenters. The van der Waals surface area contributed by atoms with E-state index in [0.29, 0.717) is 16.7 Å². The number of sulfonamides is 1. The number of fused-ring (bicyclic) bond motifs is 2. The maximum atomic E-state index is 14.9. The van der Waals surface area contributed by atoms with E-state index in [1.54, 1.807) is 36.4 Å². The predicted octanol–water partition coefficient (Wildman–Crippen LogP) is 6.67. The second-order valence-electron chi connectivity index (χ2n) is 12.0. The summed E-state index contributed by atoms with van der Waals surface area (Å²) in [6.07, 6.45) is 4.78. The molecule has 0 N–H and O–H groups in total. The summed E-state index contributed by atoms with van der Waals surface area (Å²) >= 11 is 0. The molecule has 194 valence electrons. The van der Waals surface area contributed by atoms with Crippen molar-refractivity contribution in [1.82, 2.24) is 4.31 Å². The van der Waals surface area contributed by atoms with Crippen LogP contribution in [0.15, 0.2) is 74.2 Å². The fourth-order valence-corrected chi connectivity index (χ4v) is 11.3. The van der Waals surface area contributed by atoms with Crippen LogP contribution in [0.5, 0.6) is 0 Å². The maximum Gasteiger partial charge on any atom is 0.291 e. The number of nitrogens with zero attached hydrogens (tertiary/aromatic N) is 2. The van der Waals surface area contributed by atoms with Crippen LogP contribution in [-0.2, 0) is 19.9 Å². The van der Waals surface area contributed by atoms with E-state index in [-0.39, 0.29) is 21.9 Å². The Morgan fingerprint density at radius 2 is 1.44 bits per heavy atom. The van der Waals surface area contributed by atoms with E-state index in [9.17, 15) is 12.6 Å². The maximum absolute atomic E-state index is 14.9. The largest absolute Gasteiger partial charge is 0.291 e. The molecule has 3 fully saturated rings. The van der Waals surface area contributed by atoms with Gasteiger partial charge in [0.1, 0.15) is 0 Å². The van der Waals surface area contributed by atoms with Crippen molar-refractivity contribution in [3.8, 4) is 0 Å². The van der Waals surface area contributed by atoms with Crippen molar-refractivity contribution in [1.29, 1.82) is 0 Å². The molecule has 0 bridgehead atoms. The van der Waals surface area contributed by atoms with Crippen molar-refractivity contribution in [2.45, 2.75) is 88.1 Å². The predicted molar refractivity (Wildman–Crippen MR) is 145 cm³/mol. The SMILES string of the molecule is C=C1CC[C@H]2N([S@](=O)(=NS(=O)(=O)c3ccc(C)cc3)c3ccc(C)cc3)[C@]2(C)CC[C@@H]2[C@@H]1CC2(C)C. The topological polar surface area (TPSA) is 66.6 Å². The second-order valence-corrected chi connectivity index (χ2v) is 15.9. The first-order valence-electron chi connectivity index (χ1n) is 12.9. The lowest BCUT2D eigenvalue weighted by Crippen LogP contribution is -2.45. The molecule has 0 radical (unpaired) electrons. The third-order valence-electron chi connectivity index (χ3n) is 9.01. The molecule has 2 aliphatic carbocycles. The molecule has 36 heavy (non-hydrogen) atoms. The molecule has 1 saturated heterocycles. The Morgan fingerprint density at radius 1 is 0.889 bits per heavy atom. The van der Waals surface area contributed by atoms with Gasteiger partial charge >= 0.3 is 0 Å². The lowest BCUT2D eigenvalue weighted by molar-refractivity contribution is 0.000382. The van der Waals surface area contributed by atoms with Crippen molar-refractivity contribution >= 4 is 19.9 Å². The molecular formula is C29H38N2O3S2. The number of hydrogen-bond donors (Lipinski definition) is 0. The summed E-state index contributed by atoms with van der Waals surface area (Å²) in [7, 11) is -7.55. The van der Waals surface area contributed by atoms with Crippen LogP contribution in [-0.4, -0.2) is 28.5 Å². The molecular weight excluding hydrogens is 488 g/mol. The van der Waals surface area contributed by atoms with Gasteiger partial charge in [0.15, 0.2) is 9.92 Å². The van der Waals surface area contributed by atoms with Gasteiger partial charge in [-0.05, 0) is 94.4 Å². The van der Waals surface area contributed by atoms with Gasteiger partial charge < -0.3 is 0 Å². The van der Waals surface area contributed by atoms with E-state index in [1.807, 2.05) is 30.3 Å². The van der Waals surface area contributed by atoms with E-state index in [4.69, 9.17) is 0 Å². The van der Waals surface area contributed by atoms with Crippen LogP contribution in [0.2, 0.25) is 0 Å². The molecule has 5 nitrogen and oxygen atoms in total. The van der Waals surface area contributed by atoms with E-state index in [1.165, 1.54) is 12.0 Å². The van der Waals surface area contributed by atoms with Gasteiger partial charge in [-0.1, -0.05) is 65.2 Å². The van der Waals surface area contributed by atoms with Gasteiger partial charge in [0, 0.05) is 11.6 Å². The van der Waals surface area contributed by atoms with Crippen molar-refractivity contribution in [2.75, 3.05) is 0 Å². The average Bonchev–Trinajstić information content (AvgIpc) is 3.39. The Bertz CT molecular complexity index is 1420. The van der Waals surface area contributed by atoms with E-state index in [2.05, 4.69) is 31.1 Å². The molecule has 0 spiro atoms. The summed E-state index contributed by atoms with van der Waals surface area (Å²) in [4.78, 5) is 0.525. The number of hydrogen-bond acceptors (Lipinski definition) is 3. The first-order chi connectivity index (χ1) is 16.8. The highest BCUT2D eigenvalue weighted by Crippen LogP contribution is 2.61. The van der Waals surface area contributed by atoms with Gasteiger partial charge in [-0.3, -0.25) is 0 Å². The van der Waals surface area contributed by atoms with Crippen molar-refractivity contribution in [3.63, 3.8) is 0 Å². The fourth-order valence-electron chi connectivity index (χ4n) is 6.64. The van der Waals surface area contributed by atoms with E-state index in [0.717, 1.165) is 36.8 Å². The van der Waals surface area contributed by atoms with Crippen LogP contribution in [0.3, 0.4) is 0 Å². The molecule has 7 heteroatoms. The second kappa shape index (κ2) is 8.53. The van der Waals surface area contributed by atoms with Crippen molar-refractivity contribution in [3.05, 3.63) is 71.8 Å². The Balaban J connectivity index is 1.60. The Hall–Kier alpha value is -1.96. The van der Waals surface area contributed by atoms with Crippen LogP contribution in [0.25, 0.3) is 0 Å². The summed E-state index contributed by atoms with van der Waals surface area (Å²) in [5, 5.41) is 0. The molecule has 0 amide bonds. The van der Waals surface area contributed by atoms with Gasteiger partial charge in [-0.2, -0.15) is 8.42 Å². The van der Waals surface area contributed by atoms with E-state index >= 15 is 0 Å². The quantitative estimate of drug-likeness (QED) is 0.330. The highest BCUT2D eigenvalue weighted by Gasteiger charge is 2.65. The van der Waals surface area contributed by atoms with Gasteiger partial charge in [0.25, 0.3) is 10.0 Å². The van der Waals surface area contributed by atoms with Crippen LogP contribution in [0.1, 0.15) is 64.0 Å². The van der Waals surface area contributed by atoms with Gasteiger partial charge in [-0.15, -0.1) is 0 Å². The molecule has 2 aromatic rings. The van der Waals surface area contributed by atoms with Crippen LogP contribution in [0.4, 0.5) is 0 Å². The molecule has 2 aromatic carbocycles. The van der Waals surface area contributed by atoms with Crippen LogP contribution in [0, 0.1) is 31.1 Å². The first kappa shape index (κ1) is 25.7. The summed E-state index contributed by atoms with van der Waals surface area (Å²) in [5.74, 6) is 1.13. The van der Waals surface area contributed by atoms with Crippen LogP contribution >= 0.6 is 0 Å². The highest BCUT2D eigenvalue weighted by atomic mass is 32.3. The zero-order valence-electron chi connectivity index (χ0n) is 22.0. The number of benzene rings is 2. The molecule has 3 aliphatic rings. The molecule has 0 aromatic heterocycles. The average molecular weight is 527 g/mol. The Morgan fingerprint density at radius 3 is 2.00 bits per heavy atom. The summed E-state index contributed by atoms with van der Waals surface area (Å²) < 4.78 is 48.1. The molecule has 1 heterocycles. The van der Waals surface area contributed by atoms with Gasteiger partial charge in [0.05, 0.1) is 9.79 Å². The Kier molecular flexibility index (Phi) is 6.09.